The zero-order chi connectivity index (χ0) is 17.5. The summed E-state index contributed by atoms with van der Waals surface area (Å²) in [6.45, 7) is 3.34. The SMILES string of the molecule is Cl.Cl.NCC(C(=O)NC1CCN(Cc2ccccc2)CC1)c1ccccc1. The summed E-state index contributed by atoms with van der Waals surface area (Å²) in [5.41, 5.74) is 8.18. The lowest BCUT2D eigenvalue weighted by Gasteiger charge is -2.33. The van der Waals surface area contributed by atoms with Crippen molar-refractivity contribution in [3.8, 4) is 0 Å². The summed E-state index contributed by atoms with van der Waals surface area (Å²) in [5, 5.41) is 3.21. The third kappa shape index (κ3) is 6.82. The lowest BCUT2D eigenvalue weighted by Crippen LogP contribution is -2.46. The quantitative estimate of drug-likeness (QED) is 0.768. The maximum atomic E-state index is 12.6. The number of halogens is 2. The van der Waals surface area contributed by atoms with Crippen molar-refractivity contribution in [3.63, 3.8) is 0 Å². The van der Waals surface area contributed by atoms with E-state index in [2.05, 4.69) is 34.5 Å². The number of likely N-dealkylation sites (tertiary alicyclic amines) is 1. The number of hydrogen-bond acceptors (Lipinski definition) is 3. The average molecular weight is 410 g/mol. The van der Waals surface area contributed by atoms with Crippen molar-refractivity contribution in [1.29, 1.82) is 0 Å². The number of carbonyl (C=O) groups excluding carboxylic acids is 1. The van der Waals surface area contributed by atoms with Gasteiger partial charge in [-0.25, -0.2) is 0 Å². The van der Waals surface area contributed by atoms with E-state index < -0.39 is 0 Å². The zero-order valence-corrected chi connectivity index (χ0v) is 17.1. The van der Waals surface area contributed by atoms with Gasteiger partial charge in [0.2, 0.25) is 5.91 Å². The maximum Gasteiger partial charge on any atom is 0.229 e. The van der Waals surface area contributed by atoms with Crippen LogP contribution in [-0.2, 0) is 11.3 Å². The number of nitrogens with zero attached hydrogens (tertiary/aromatic N) is 1. The molecule has 1 unspecified atom stereocenters. The number of nitrogens with two attached hydrogens (primary N) is 1. The van der Waals surface area contributed by atoms with E-state index >= 15 is 0 Å². The van der Waals surface area contributed by atoms with Crippen LogP contribution in [0.1, 0.15) is 29.9 Å². The third-order valence-electron chi connectivity index (χ3n) is 4.94. The number of hydrogen-bond donors (Lipinski definition) is 2. The summed E-state index contributed by atoms with van der Waals surface area (Å²) in [6, 6.07) is 20.6. The van der Waals surface area contributed by atoms with E-state index in [0.717, 1.165) is 38.0 Å². The van der Waals surface area contributed by atoms with Crippen molar-refractivity contribution < 1.29 is 4.79 Å². The molecule has 0 radical (unpaired) electrons. The number of benzene rings is 2. The molecule has 6 heteroatoms. The van der Waals surface area contributed by atoms with Crippen LogP contribution in [0.5, 0.6) is 0 Å². The Bertz CT molecular complexity index is 662. The van der Waals surface area contributed by atoms with E-state index in [1.807, 2.05) is 36.4 Å². The molecule has 0 spiro atoms. The van der Waals surface area contributed by atoms with Crippen LogP contribution < -0.4 is 11.1 Å². The number of piperidine rings is 1. The third-order valence-corrected chi connectivity index (χ3v) is 4.94. The minimum Gasteiger partial charge on any atom is -0.353 e. The van der Waals surface area contributed by atoms with Gasteiger partial charge in [0.25, 0.3) is 0 Å². The molecule has 148 valence electrons. The van der Waals surface area contributed by atoms with Crippen molar-refractivity contribution in [2.24, 2.45) is 5.73 Å². The second kappa shape index (κ2) is 12.0. The Kier molecular flexibility index (Phi) is 10.4. The molecule has 1 aliphatic heterocycles. The molecule has 3 N–H and O–H groups in total. The molecule has 1 saturated heterocycles. The molecule has 2 aromatic rings. The van der Waals surface area contributed by atoms with E-state index in [-0.39, 0.29) is 42.7 Å². The predicted molar refractivity (Wildman–Crippen MR) is 116 cm³/mol. The molecule has 0 aromatic heterocycles. The highest BCUT2D eigenvalue weighted by Gasteiger charge is 2.24. The van der Waals surface area contributed by atoms with E-state index in [0.29, 0.717) is 6.54 Å². The van der Waals surface area contributed by atoms with Crippen LogP contribution in [-0.4, -0.2) is 36.5 Å². The summed E-state index contributed by atoms with van der Waals surface area (Å²) in [5.74, 6) is -0.209. The van der Waals surface area contributed by atoms with Gasteiger partial charge >= 0.3 is 0 Å². The van der Waals surface area contributed by atoms with Crippen molar-refractivity contribution in [2.75, 3.05) is 19.6 Å². The minimum atomic E-state index is -0.261. The van der Waals surface area contributed by atoms with Crippen LogP contribution in [0.3, 0.4) is 0 Å². The largest absolute Gasteiger partial charge is 0.353 e. The Morgan fingerprint density at radius 3 is 2.11 bits per heavy atom. The Balaban J connectivity index is 0.00000182. The van der Waals surface area contributed by atoms with Gasteiger partial charge in [-0.3, -0.25) is 9.69 Å². The normalized spacial score (nSPS) is 15.9. The molecule has 27 heavy (non-hydrogen) atoms. The van der Waals surface area contributed by atoms with E-state index in [4.69, 9.17) is 5.73 Å². The second-order valence-electron chi connectivity index (χ2n) is 6.74. The highest BCUT2D eigenvalue weighted by molar-refractivity contribution is 5.85. The van der Waals surface area contributed by atoms with Gasteiger partial charge in [0.1, 0.15) is 0 Å². The summed E-state index contributed by atoms with van der Waals surface area (Å²) in [7, 11) is 0. The summed E-state index contributed by atoms with van der Waals surface area (Å²) < 4.78 is 0. The molecular formula is C21H29Cl2N3O. The van der Waals surface area contributed by atoms with Crippen LogP contribution in [0, 0.1) is 0 Å². The molecule has 3 rings (SSSR count). The lowest BCUT2D eigenvalue weighted by atomic mass is 9.96. The number of amides is 1. The average Bonchev–Trinajstić information content (AvgIpc) is 2.66. The van der Waals surface area contributed by atoms with Crippen LogP contribution in [0.25, 0.3) is 0 Å². The smallest absolute Gasteiger partial charge is 0.229 e. The monoisotopic (exact) mass is 409 g/mol. The lowest BCUT2D eigenvalue weighted by molar-refractivity contribution is -0.123. The Labute approximate surface area is 174 Å². The molecule has 1 amide bonds. The standard InChI is InChI=1S/C21H27N3O.2ClH/c22-15-20(18-9-5-2-6-10-18)21(25)23-19-11-13-24(14-12-19)16-17-7-3-1-4-8-17;;/h1-10,19-20H,11-16,22H2,(H,23,25);2*1H. The Morgan fingerprint density at radius 2 is 1.56 bits per heavy atom. The zero-order valence-electron chi connectivity index (χ0n) is 15.4. The van der Waals surface area contributed by atoms with Gasteiger partial charge in [-0.2, -0.15) is 0 Å². The Morgan fingerprint density at radius 1 is 1.00 bits per heavy atom. The highest BCUT2D eigenvalue weighted by atomic mass is 35.5. The first-order valence-corrected chi connectivity index (χ1v) is 9.08. The molecule has 1 fully saturated rings. The first-order valence-electron chi connectivity index (χ1n) is 9.08. The van der Waals surface area contributed by atoms with Crippen molar-refractivity contribution in [2.45, 2.75) is 31.3 Å². The molecule has 0 bridgehead atoms. The van der Waals surface area contributed by atoms with Crippen molar-refractivity contribution in [1.82, 2.24) is 10.2 Å². The van der Waals surface area contributed by atoms with Gasteiger partial charge in [0, 0.05) is 32.2 Å². The fraction of sp³-hybridized carbons (Fsp3) is 0.381. The van der Waals surface area contributed by atoms with Crippen LogP contribution in [0.15, 0.2) is 60.7 Å². The first kappa shape index (κ1) is 23.4. The first-order chi connectivity index (χ1) is 12.3. The van der Waals surface area contributed by atoms with Crippen LogP contribution >= 0.6 is 24.8 Å². The van der Waals surface area contributed by atoms with E-state index in [1.165, 1.54) is 5.56 Å². The molecule has 1 aliphatic rings. The molecule has 1 atom stereocenters. The predicted octanol–water partition coefficient (Wildman–Crippen LogP) is 3.35. The number of carbonyl (C=O) groups is 1. The summed E-state index contributed by atoms with van der Waals surface area (Å²) in [4.78, 5) is 15.1. The van der Waals surface area contributed by atoms with E-state index in [9.17, 15) is 4.79 Å². The number of nitrogens with one attached hydrogen (secondary N) is 1. The summed E-state index contributed by atoms with van der Waals surface area (Å²) in [6.07, 6.45) is 1.98. The van der Waals surface area contributed by atoms with Gasteiger partial charge in [-0.15, -0.1) is 24.8 Å². The maximum absolute atomic E-state index is 12.6. The van der Waals surface area contributed by atoms with Crippen molar-refractivity contribution >= 4 is 30.7 Å². The molecule has 1 heterocycles. The van der Waals surface area contributed by atoms with Crippen LogP contribution in [0.2, 0.25) is 0 Å². The fourth-order valence-electron chi connectivity index (χ4n) is 3.46. The minimum absolute atomic E-state index is 0. The fourth-order valence-corrected chi connectivity index (χ4v) is 3.46. The van der Waals surface area contributed by atoms with Gasteiger partial charge in [0.15, 0.2) is 0 Å². The van der Waals surface area contributed by atoms with Gasteiger partial charge < -0.3 is 11.1 Å². The number of rotatable bonds is 6. The van der Waals surface area contributed by atoms with E-state index in [1.54, 1.807) is 0 Å². The molecular weight excluding hydrogens is 381 g/mol. The molecule has 0 aliphatic carbocycles. The van der Waals surface area contributed by atoms with Gasteiger partial charge in [-0.1, -0.05) is 60.7 Å². The van der Waals surface area contributed by atoms with Gasteiger partial charge in [-0.05, 0) is 24.0 Å². The van der Waals surface area contributed by atoms with Crippen molar-refractivity contribution in [3.05, 3.63) is 71.8 Å². The highest BCUT2D eigenvalue weighted by Crippen LogP contribution is 2.17. The summed E-state index contributed by atoms with van der Waals surface area (Å²) >= 11 is 0. The van der Waals surface area contributed by atoms with Gasteiger partial charge in [0.05, 0.1) is 5.92 Å². The molecule has 2 aromatic carbocycles. The Hall–Kier alpha value is -1.59. The second-order valence-corrected chi connectivity index (χ2v) is 6.74. The molecule has 4 nitrogen and oxygen atoms in total. The topological polar surface area (TPSA) is 58.4 Å². The van der Waals surface area contributed by atoms with Crippen LogP contribution in [0.4, 0.5) is 0 Å². The molecule has 0 saturated carbocycles.